The number of hydrogen-bond donors (Lipinski definition) is 2. The van der Waals surface area contributed by atoms with Gasteiger partial charge in [0, 0.05) is 23.1 Å². The Morgan fingerprint density at radius 2 is 1.81 bits per heavy atom. The average Bonchev–Trinajstić information content (AvgIpc) is 3.20. The van der Waals surface area contributed by atoms with Gasteiger partial charge in [-0.3, -0.25) is 9.59 Å². The first kappa shape index (κ1) is 21.8. The Balaban J connectivity index is 1.31. The predicted octanol–water partition coefficient (Wildman–Crippen LogP) is 3.33. The molecule has 2 atom stereocenters. The molecule has 6 nitrogen and oxygen atoms in total. The quantitative estimate of drug-likeness (QED) is 0.731. The topological polar surface area (TPSA) is 85.2 Å². The Labute approximate surface area is 183 Å². The van der Waals surface area contributed by atoms with E-state index in [0.29, 0.717) is 0 Å². The first-order chi connectivity index (χ1) is 14.9. The summed E-state index contributed by atoms with van der Waals surface area (Å²) < 4.78 is 13.6. The summed E-state index contributed by atoms with van der Waals surface area (Å²) in [6.45, 7) is 2.23. The first-order valence-electron chi connectivity index (χ1n) is 11.4. The van der Waals surface area contributed by atoms with Crippen LogP contribution in [0.2, 0.25) is 0 Å². The number of benzene rings is 1. The van der Waals surface area contributed by atoms with E-state index in [4.69, 9.17) is 5.26 Å². The van der Waals surface area contributed by atoms with Gasteiger partial charge in [0.25, 0.3) is 0 Å². The number of alkyl halides is 1. The zero-order valence-corrected chi connectivity index (χ0v) is 18.1. The Morgan fingerprint density at radius 1 is 1.16 bits per heavy atom. The molecule has 166 valence electrons. The zero-order chi connectivity index (χ0) is 22.1. The van der Waals surface area contributed by atoms with Gasteiger partial charge in [-0.05, 0) is 62.6 Å². The Hall–Kier alpha value is -2.46. The third-order valence-electron chi connectivity index (χ3n) is 7.68. The molecule has 2 amide bonds. The number of carbonyl (C=O) groups excluding carboxylic acids is 2. The third kappa shape index (κ3) is 4.31. The highest BCUT2D eigenvalue weighted by Gasteiger charge is 2.52. The number of anilines is 1. The number of nitrogens with zero attached hydrogens (tertiary/aromatic N) is 2. The van der Waals surface area contributed by atoms with Crippen LogP contribution >= 0.6 is 0 Å². The van der Waals surface area contributed by atoms with E-state index in [9.17, 15) is 14.0 Å². The second-order valence-corrected chi connectivity index (χ2v) is 9.44. The molecule has 0 aromatic heterocycles. The summed E-state index contributed by atoms with van der Waals surface area (Å²) in [5, 5.41) is 15.7. The van der Waals surface area contributed by atoms with Crippen LogP contribution in [-0.4, -0.2) is 47.6 Å². The Kier molecular flexibility index (Phi) is 6.02. The van der Waals surface area contributed by atoms with E-state index in [1.807, 2.05) is 30.3 Å². The zero-order valence-electron chi connectivity index (χ0n) is 18.1. The Morgan fingerprint density at radius 3 is 2.39 bits per heavy atom. The van der Waals surface area contributed by atoms with E-state index in [2.05, 4.69) is 17.6 Å². The number of likely N-dealkylation sites (tertiary alicyclic amines) is 1. The highest BCUT2D eigenvalue weighted by atomic mass is 19.1. The molecule has 4 fully saturated rings. The molecule has 2 bridgehead atoms. The van der Waals surface area contributed by atoms with Crippen LogP contribution < -0.4 is 10.6 Å². The van der Waals surface area contributed by atoms with Crippen LogP contribution in [0.1, 0.15) is 57.4 Å². The van der Waals surface area contributed by atoms with Crippen LogP contribution in [0.4, 0.5) is 10.1 Å². The van der Waals surface area contributed by atoms with Gasteiger partial charge in [-0.15, -0.1) is 0 Å². The van der Waals surface area contributed by atoms with Gasteiger partial charge in [0.15, 0.2) is 0 Å². The van der Waals surface area contributed by atoms with Crippen LogP contribution in [0.3, 0.4) is 0 Å². The summed E-state index contributed by atoms with van der Waals surface area (Å²) >= 11 is 0. The van der Waals surface area contributed by atoms with Gasteiger partial charge in [-0.25, -0.2) is 4.39 Å². The smallest absolute Gasteiger partial charge is 0.237 e. The standard InChI is InChI=1S/C24H31FN4O2/c1-2-17-3-5-19(6-4-17)28-22(31)23-7-10-24(11-8-23,12-9-23)27-15-21(30)29-16-18(25)13-20(29)14-26/h3-6,18,20,27H,2,7-13,15-16H2,1H3,(H,28,31)/t18-,20-,23?,24?/m0/s1. The molecule has 31 heavy (non-hydrogen) atoms. The molecule has 0 radical (unpaired) electrons. The van der Waals surface area contributed by atoms with E-state index in [1.165, 1.54) is 10.5 Å². The van der Waals surface area contributed by atoms with Gasteiger partial charge >= 0.3 is 0 Å². The second-order valence-electron chi connectivity index (χ2n) is 9.44. The lowest BCUT2D eigenvalue weighted by molar-refractivity contribution is -0.135. The lowest BCUT2D eigenvalue weighted by atomic mass is 9.57. The summed E-state index contributed by atoms with van der Waals surface area (Å²) in [5.74, 6) is -0.110. The van der Waals surface area contributed by atoms with E-state index in [1.54, 1.807) is 0 Å². The van der Waals surface area contributed by atoms with Crippen molar-refractivity contribution in [3.05, 3.63) is 29.8 Å². The molecular weight excluding hydrogens is 395 g/mol. The summed E-state index contributed by atoms with van der Waals surface area (Å²) in [6, 6.07) is 9.38. The predicted molar refractivity (Wildman–Crippen MR) is 116 cm³/mol. The number of nitriles is 1. The molecule has 2 N–H and O–H groups in total. The van der Waals surface area contributed by atoms with Gasteiger partial charge in [0.2, 0.25) is 11.8 Å². The summed E-state index contributed by atoms with van der Waals surface area (Å²) in [4.78, 5) is 27.0. The molecule has 3 saturated carbocycles. The molecular formula is C24H31FN4O2. The van der Waals surface area contributed by atoms with Gasteiger partial charge in [0.05, 0.1) is 19.2 Å². The fraction of sp³-hybridized carbons (Fsp3) is 0.625. The first-order valence-corrected chi connectivity index (χ1v) is 11.4. The largest absolute Gasteiger partial charge is 0.326 e. The molecule has 1 aromatic carbocycles. The number of rotatable bonds is 6. The van der Waals surface area contributed by atoms with Crippen LogP contribution in [0, 0.1) is 16.7 Å². The SMILES string of the molecule is CCc1ccc(NC(=O)C23CCC(NCC(=O)N4C[C@@H](F)C[C@H]4C#N)(CC2)CC3)cc1. The molecule has 3 aliphatic carbocycles. The van der Waals surface area contributed by atoms with E-state index in [0.717, 1.165) is 50.6 Å². The molecule has 0 spiro atoms. The maximum Gasteiger partial charge on any atom is 0.237 e. The number of amides is 2. The minimum absolute atomic E-state index is 0.00819. The van der Waals surface area contributed by atoms with Crippen molar-refractivity contribution in [3.63, 3.8) is 0 Å². The molecule has 0 unspecified atom stereocenters. The van der Waals surface area contributed by atoms with Crippen molar-refractivity contribution in [1.29, 1.82) is 5.26 Å². The van der Waals surface area contributed by atoms with Crippen LogP contribution in [0.15, 0.2) is 24.3 Å². The van der Waals surface area contributed by atoms with Crippen molar-refractivity contribution in [2.45, 2.75) is 76.0 Å². The normalized spacial score (nSPS) is 32.0. The average molecular weight is 427 g/mol. The number of carbonyl (C=O) groups is 2. The van der Waals surface area contributed by atoms with Gasteiger partial charge in [-0.2, -0.15) is 5.26 Å². The minimum Gasteiger partial charge on any atom is -0.326 e. The molecule has 1 heterocycles. The van der Waals surface area contributed by atoms with Crippen LogP contribution in [-0.2, 0) is 16.0 Å². The van der Waals surface area contributed by atoms with Crippen molar-refractivity contribution in [3.8, 4) is 6.07 Å². The summed E-state index contributed by atoms with van der Waals surface area (Å²) in [6.07, 6.45) is 4.87. The second kappa shape index (κ2) is 8.58. The highest BCUT2D eigenvalue weighted by molar-refractivity contribution is 5.95. The molecule has 7 heteroatoms. The summed E-state index contributed by atoms with van der Waals surface area (Å²) in [7, 11) is 0. The van der Waals surface area contributed by atoms with Crippen LogP contribution in [0.5, 0.6) is 0 Å². The summed E-state index contributed by atoms with van der Waals surface area (Å²) in [5.41, 5.74) is 1.61. The molecule has 1 saturated heterocycles. The van der Waals surface area contributed by atoms with Gasteiger partial charge < -0.3 is 15.5 Å². The molecule has 1 aromatic rings. The lowest BCUT2D eigenvalue weighted by Gasteiger charge is -2.52. The number of fused-ring (bicyclic) bond motifs is 3. The number of halogens is 1. The maximum absolute atomic E-state index is 13.6. The van der Waals surface area contributed by atoms with Crippen molar-refractivity contribution < 1.29 is 14.0 Å². The van der Waals surface area contributed by atoms with Crippen molar-refractivity contribution in [2.75, 3.05) is 18.4 Å². The molecule has 5 rings (SSSR count). The van der Waals surface area contributed by atoms with E-state index in [-0.39, 0.29) is 42.3 Å². The highest BCUT2D eigenvalue weighted by Crippen LogP contribution is 2.52. The number of hydrogen-bond acceptors (Lipinski definition) is 4. The number of nitrogens with one attached hydrogen (secondary N) is 2. The van der Waals surface area contributed by atoms with E-state index < -0.39 is 12.2 Å². The maximum atomic E-state index is 13.6. The number of aryl methyl sites for hydroxylation is 1. The van der Waals surface area contributed by atoms with Crippen molar-refractivity contribution >= 4 is 17.5 Å². The minimum atomic E-state index is -1.12. The lowest BCUT2D eigenvalue weighted by Crippen LogP contribution is -2.59. The molecule has 4 aliphatic rings. The Bertz CT molecular complexity index is 854. The van der Waals surface area contributed by atoms with Crippen molar-refractivity contribution in [1.82, 2.24) is 10.2 Å². The monoisotopic (exact) mass is 426 g/mol. The van der Waals surface area contributed by atoms with Crippen LogP contribution in [0.25, 0.3) is 0 Å². The van der Waals surface area contributed by atoms with Gasteiger partial charge in [0.1, 0.15) is 12.2 Å². The fourth-order valence-electron chi connectivity index (χ4n) is 5.43. The molecule has 1 aliphatic heterocycles. The third-order valence-corrected chi connectivity index (χ3v) is 7.68. The fourth-order valence-corrected chi connectivity index (χ4v) is 5.43. The van der Waals surface area contributed by atoms with E-state index >= 15 is 0 Å². The van der Waals surface area contributed by atoms with Gasteiger partial charge in [-0.1, -0.05) is 19.1 Å². The van der Waals surface area contributed by atoms with Crippen molar-refractivity contribution in [2.24, 2.45) is 5.41 Å².